The number of aromatic nitrogens is 3. The van der Waals surface area contributed by atoms with Gasteiger partial charge in [-0.2, -0.15) is 10.1 Å². The van der Waals surface area contributed by atoms with Crippen molar-refractivity contribution < 1.29 is 0 Å². The number of rotatable bonds is 6. The van der Waals surface area contributed by atoms with E-state index in [9.17, 15) is 0 Å². The van der Waals surface area contributed by atoms with Crippen LogP contribution in [0.2, 0.25) is 10.0 Å². The molecule has 0 amide bonds. The molecule has 0 atom stereocenters. The minimum Gasteiger partial charge on any atom is -0.353 e. The second-order valence-corrected chi connectivity index (χ2v) is 6.35. The van der Waals surface area contributed by atoms with Crippen LogP contribution < -0.4 is 10.6 Å². The van der Waals surface area contributed by atoms with E-state index in [1.54, 1.807) is 6.20 Å². The molecule has 1 heterocycles. The lowest BCUT2D eigenvalue weighted by atomic mass is 10.1. The Kier molecular flexibility index (Phi) is 5.68. The molecule has 0 aliphatic rings. The van der Waals surface area contributed by atoms with Crippen LogP contribution in [0.3, 0.4) is 0 Å². The summed E-state index contributed by atoms with van der Waals surface area (Å²) in [5, 5.41) is 15.8. The van der Waals surface area contributed by atoms with E-state index in [-0.39, 0.29) is 0 Å². The van der Waals surface area contributed by atoms with Crippen LogP contribution in [-0.4, -0.2) is 21.7 Å². The Labute approximate surface area is 156 Å². The molecule has 3 rings (SSSR count). The molecule has 0 saturated carbocycles. The fourth-order valence-corrected chi connectivity index (χ4v) is 2.59. The van der Waals surface area contributed by atoms with E-state index in [2.05, 4.69) is 25.8 Å². The summed E-state index contributed by atoms with van der Waals surface area (Å²) in [6.45, 7) is 2.65. The van der Waals surface area contributed by atoms with Crippen molar-refractivity contribution >= 4 is 40.7 Å². The molecule has 0 saturated heterocycles. The number of benzene rings is 2. The smallest absolute Gasteiger partial charge is 0.244 e. The average Bonchev–Trinajstić information content (AvgIpc) is 2.61. The molecular formula is C18H17Cl2N5. The molecule has 128 valence electrons. The summed E-state index contributed by atoms with van der Waals surface area (Å²) in [4.78, 5) is 4.42. The predicted molar refractivity (Wildman–Crippen MR) is 103 cm³/mol. The Bertz CT molecular complexity index is 852. The van der Waals surface area contributed by atoms with Crippen molar-refractivity contribution in [2.45, 2.75) is 13.3 Å². The molecular weight excluding hydrogens is 357 g/mol. The summed E-state index contributed by atoms with van der Waals surface area (Å²) in [7, 11) is 0. The van der Waals surface area contributed by atoms with Gasteiger partial charge in [-0.15, -0.1) is 5.10 Å². The Morgan fingerprint density at radius 3 is 2.64 bits per heavy atom. The summed E-state index contributed by atoms with van der Waals surface area (Å²) in [6, 6.07) is 13.4. The van der Waals surface area contributed by atoms with Crippen LogP contribution in [0.1, 0.15) is 11.1 Å². The molecule has 2 N–H and O–H groups in total. The van der Waals surface area contributed by atoms with Gasteiger partial charge in [0.05, 0.1) is 6.20 Å². The van der Waals surface area contributed by atoms with Gasteiger partial charge in [0.15, 0.2) is 5.82 Å². The van der Waals surface area contributed by atoms with Crippen molar-refractivity contribution in [1.29, 1.82) is 0 Å². The molecule has 5 nitrogen and oxygen atoms in total. The standard InChI is InChI=1S/C18H17Cl2N5/c1-12-15(20)3-2-4-16(12)23-17-11-22-25-18(24-17)21-10-9-13-5-7-14(19)8-6-13/h2-8,11H,9-10H2,1H3,(H2,21,23,24,25). The number of anilines is 3. The van der Waals surface area contributed by atoms with E-state index in [1.165, 1.54) is 5.56 Å². The van der Waals surface area contributed by atoms with Gasteiger partial charge in [-0.25, -0.2) is 0 Å². The third-order valence-corrected chi connectivity index (χ3v) is 4.36. The summed E-state index contributed by atoms with van der Waals surface area (Å²) < 4.78 is 0. The molecule has 0 spiro atoms. The summed E-state index contributed by atoms with van der Waals surface area (Å²) in [6.07, 6.45) is 2.41. The van der Waals surface area contributed by atoms with Gasteiger partial charge in [0, 0.05) is 22.3 Å². The topological polar surface area (TPSA) is 62.7 Å². The van der Waals surface area contributed by atoms with Gasteiger partial charge < -0.3 is 10.6 Å². The number of hydrogen-bond donors (Lipinski definition) is 2. The normalized spacial score (nSPS) is 10.5. The van der Waals surface area contributed by atoms with Crippen LogP contribution in [0.15, 0.2) is 48.7 Å². The first kappa shape index (κ1) is 17.5. The highest BCUT2D eigenvalue weighted by molar-refractivity contribution is 6.31. The van der Waals surface area contributed by atoms with Crippen molar-refractivity contribution in [1.82, 2.24) is 15.2 Å². The highest BCUT2D eigenvalue weighted by Crippen LogP contribution is 2.25. The third-order valence-electron chi connectivity index (χ3n) is 3.70. The number of halogens is 2. The van der Waals surface area contributed by atoms with E-state index < -0.39 is 0 Å². The lowest BCUT2D eigenvalue weighted by Crippen LogP contribution is -2.09. The maximum atomic E-state index is 6.14. The summed E-state index contributed by atoms with van der Waals surface area (Å²) in [5.41, 5.74) is 3.04. The number of nitrogens with one attached hydrogen (secondary N) is 2. The van der Waals surface area contributed by atoms with Crippen LogP contribution in [0.5, 0.6) is 0 Å². The maximum Gasteiger partial charge on any atom is 0.244 e. The molecule has 0 unspecified atom stereocenters. The Balaban J connectivity index is 1.61. The molecule has 7 heteroatoms. The largest absolute Gasteiger partial charge is 0.353 e. The van der Waals surface area contributed by atoms with Gasteiger partial charge in [-0.05, 0) is 48.7 Å². The molecule has 0 aliphatic heterocycles. The minimum atomic E-state index is 0.471. The zero-order chi connectivity index (χ0) is 17.6. The molecule has 1 aromatic heterocycles. The average molecular weight is 374 g/mol. The predicted octanol–water partition coefficient (Wildman–Crippen LogP) is 4.89. The Morgan fingerprint density at radius 1 is 1.04 bits per heavy atom. The third kappa shape index (κ3) is 4.81. The SMILES string of the molecule is Cc1c(Cl)cccc1Nc1cnnc(NCCc2ccc(Cl)cc2)n1. The number of nitrogens with zero attached hydrogens (tertiary/aromatic N) is 3. The molecule has 0 radical (unpaired) electrons. The van der Waals surface area contributed by atoms with Gasteiger partial charge in [0.1, 0.15) is 0 Å². The second kappa shape index (κ2) is 8.14. The summed E-state index contributed by atoms with van der Waals surface area (Å²) >= 11 is 12.0. The number of hydrogen-bond acceptors (Lipinski definition) is 5. The summed E-state index contributed by atoms with van der Waals surface area (Å²) in [5.74, 6) is 1.08. The zero-order valence-electron chi connectivity index (χ0n) is 13.6. The van der Waals surface area contributed by atoms with Gasteiger partial charge in [0.25, 0.3) is 0 Å². The van der Waals surface area contributed by atoms with Crippen LogP contribution in [0, 0.1) is 6.92 Å². The zero-order valence-corrected chi connectivity index (χ0v) is 15.1. The molecule has 25 heavy (non-hydrogen) atoms. The maximum absolute atomic E-state index is 6.14. The van der Waals surface area contributed by atoms with Gasteiger partial charge in [-0.1, -0.05) is 41.4 Å². The molecule has 0 aliphatic carbocycles. The van der Waals surface area contributed by atoms with E-state index in [0.29, 0.717) is 23.3 Å². The van der Waals surface area contributed by atoms with Crippen molar-refractivity contribution in [3.63, 3.8) is 0 Å². The Hall–Kier alpha value is -2.37. The fourth-order valence-electron chi connectivity index (χ4n) is 2.29. The van der Waals surface area contributed by atoms with E-state index in [4.69, 9.17) is 23.2 Å². The van der Waals surface area contributed by atoms with Crippen molar-refractivity contribution in [3.05, 3.63) is 69.8 Å². The Morgan fingerprint density at radius 2 is 1.84 bits per heavy atom. The van der Waals surface area contributed by atoms with Crippen LogP contribution in [-0.2, 0) is 6.42 Å². The first-order chi connectivity index (χ1) is 12.1. The van der Waals surface area contributed by atoms with Gasteiger partial charge in [0.2, 0.25) is 5.95 Å². The van der Waals surface area contributed by atoms with E-state index in [1.807, 2.05) is 49.4 Å². The van der Waals surface area contributed by atoms with Crippen molar-refractivity contribution in [3.8, 4) is 0 Å². The van der Waals surface area contributed by atoms with Gasteiger partial charge >= 0.3 is 0 Å². The quantitative estimate of drug-likeness (QED) is 0.644. The van der Waals surface area contributed by atoms with Crippen LogP contribution >= 0.6 is 23.2 Å². The second-order valence-electron chi connectivity index (χ2n) is 5.51. The minimum absolute atomic E-state index is 0.471. The van der Waals surface area contributed by atoms with E-state index in [0.717, 1.165) is 22.7 Å². The molecule has 0 bridgehead atoms. The van der Waals surface area contributed by atoms with Crippen molar-refractivity contribution in [2.24, 2.45) is 0 Å². The monoisotopic (exact) mass is 373 g/mol. The van der Waals surface area contributed by atoms with Crippen LogP contribution in [0.25, 0.3) is 0 Å². The van der Waals surface area contributed by atoms with Crippen LogP contribution in [0.4, 0.5) is 17.5 Å². The first-order valence-electron chi connectivity index (χ1n) is 7.82. The first-order valence-corrected chi connectivity index (χ1v) is 8.57. The lowest BCUT2D eigenvalue weighted by molar-refractivity contribution is 0.929. The van der Waals surface area contributed by atoms with E-state index >= 15 is 0 Å². The molecule has 2 aromatic carbocycles. The molecule has 0 fully saturated rings. The highest BCUT2D eigenvalue weighted by atomic mass is 35.5. The molecule has 3 aromatic rings. The lowest BCUT2D eigenvalue weighted by Gasteiger charge is -2.10. The fraction of sp³-hybridized carbons (Fsp3) is 0.167. The van der Waals surface area contributed by atoms with Gasteiger partial charge in [-0.3, -0.25) is 0 Å². The van der Waals surface area contributed by atoms with Crippen molar-refractivity contribution in [2.75, 3.05) is 17.2 Å². The highest BCUT2D eigenvalue weighted by Gasteiger charge is 2.05.